The predicted molar refractivity (Wildman–Crippen MR) is 81.3 cm³/mol. The van der Waals surface area contributed by atoms with E-state index < -0.39 is 0 Å². The molecule has 0 amide bonds. The van der Waals surface area contributed by atoms with Crippen molar-refractivity contribution in [2.24, 2.45) is 0 Å². The number of furan rings is 1. The lowest BCUT2D eigenvalue weighted by molar-refractivity contribution is -0.145. The van der Waals surface area contributed by atoms with Gasteiger partial charge in [-0.3, -0.25) is 9.69 Å². The fourth-order valence-corrected chi connectivity index (χ4v) is 2.90. The Morgan fingerprint density at radius 3 is 3.13 bits per heavy atom. The zero-order chi connectivity index (χ0) is 16.1. The van der Waals surface area contributed by atoms with Gasteiger partial charge in [0.05, 0.1) is 25.8 Å². The summed E-state index contributed by atoms with van der Waals surface area (Å²) >= 11 is 0. The quantitative estimate of drug-likeness (QED) is 0.757. The second-order valence-electron chi connectivity index (χ2n) is 5.61. The van der Waals surface area contributed by atoms with E-state index >= 15 is 0 Å². The first kappa shape index (κ1) is 15.7. The monoisotopic (exact) mass is 319 g/mol. The summed E-state index contributed by atoms with van der Waals surface area (Å²) in [5, 5.41) is 8.09. The summed E-state index contributed by atoms with van der Waals surface area (Å²) < 4.78 is 16.0. The molecule has 0 bridgehead atoms. The molecule has 0 aromatic carbocycles. The summed E-state index contributed by atoms with van der Waals surface area (Å²) in [7, 11) is 0. The fourth-order valence-electron chi connectivity index (χ4n) is 2.90. The van der Waals surface area contributed by atoms with Crippen LogP contribution >= 0.6 is 0 Å². The molecule has 0 saturated carbocycles. The molecule has 1 fully saturated rings. The van der Waals surface area contributed by atoms with E-state index in [0.717, 1.165) is 25.8 Å². The van der Waals surface area contributed by atoms with Gasteiger partial charge in [-0.15, -0.1) is 10.2 Å². The summed E-state index contributed by atoms with van der Waals surface area (Å²) in [5.74, 6) is 1.33. The third-order valence-electron chi connectivity index (χ3n) is 3.99. The van der Waals surface area contributed by atoms with Gasteiger partial charge in [-0.2, -0.15) is 0 Å². The first-order chi connectivity index (χ1) is 11.3. The van der Waals surface area contributed by atoms with Crippen molar-refractivity contribution in [2.75, 3.05) is 13.2 Å². The van der Waals surface area contributed by atoms with E-state index in [4.69, 9.17) is 13.6 Å². The minimum atomic E-state index is -0.147. The molecule has 0 spiro atoms. The highest BCUT2D eigenvalue weighted by Gasteiger charge is 2.27. The van der Waals surface area contributed by atoms with Crippen LogP contribution in [0.2, 0.25) is 0 Å². The van der Waals surface area contributed by atoms with Crippen molar-refractivity contribution >= 4 is 5.97 Å². The Bertz CT molecular complexity index is 623. The normalized spacial score (nSPS) is 18.9. The van der Waals surface area contributed by atoms with Gasteiger partial charge in [-0.25, -0.2) is 0 Å². The number of nitrogens with zero attached hydrogens (tertiary/aromatic N) is 3. The number of rotatable bonds is 6. The van der Waals surface area contributed by atoms with Crippen molar-refractivity contribution in [3.63, 3.8) is 0 Å². The average Bonchev–Trinajstić information content (AvgIpc) is 3.20. The predicted octanol–water partition coefficient (Wildman–Crippen LogP) is 2.64. The summed E-state index contributed by atoms with van der Waals surface area (Å²) in [5.41, 5.74) is 0. The molecule has 0 aliphatic carbocycles. The van der Waals surface area contributed by atoms with E-state index in [1.165, 1.54) is 0 Å². The van der Waals surface area contributed by atoms with Crippen molar-refractivity contribution in [3.05, 3.63) is 24.3 Å². The van der Waals surface area contributed by atoms with Crippen LogP contribution in [0.25, 0.3) is 11.7 Å². The number of hydrogen-bond acceptors (Lipinski definition) is 7. The summed E-state index contributed by atoms with van der Waals surface area (Å²) in [6.45, 7) is 3.70. The van der Waals surface area contributed by atoms with Crippen LogP contribution in [0, 0.1) is 0 Å². The lowest BCUT2D eigenvalue weighted by Gasteiger charge is -2.34. The fraction of sp³-hybridized carbons (Fsp3) is 0.562. The Balaban J connectivity index is 1.63. The lowest BCUT2D eigenvalue weighted by atomic mass is 9.99. The summed E-state index contributed by atoms with van der Waals surface area (Å²) in [6.07, 6.45) is 5.20. The molecule has 1 aliphatic rings. The van der Waals surface area contributed by atoms with Crippen LogP contribution < -0.4 is 0 Å². The molecule has 2 aromatic rings. The number of piperidine rings is 1. The lowest BCUT2D eigenvalue weighted by Crippen LogP contribution is -2.40. The maximum Gasteiger partial charge on any atom is 0.307 e. The molecular formula is C16H21N3O4. The van der Waals surface area contributed by atoms with Crippen LogP contribution in [0.4, 0.5) is 0 Å². The number of carbonyl (C=O) groups excluding carboxylic acids is 1. The number of aromatic nitrogens is 2. The minimum absolute atomic E-state index is 0.147. The maximum absolute atomic E-state index is 11.8. The van der Waals surface area contributed by atoms with Gasteiger partial charge in [0, 0.05) is 6.04 Å². The van der Waals surface area contributed by atoms with Gasteiger partial charge in [0.2, 0.25) is 5.89 Å². The molecule has 0 radical (unpaired) electrons. The van der Waals surface area contributed by atoms with Crippen LogP contribution in [0.5, 0.6) is 0 Å². The van der Waals surface area contributed by atoms with E-state index in [2.05, 4.69) is 15.1 Å². The Morgan fingerprint density at radius 2 is 2.35 bits per heavy atom. The highest BCUT2D eigenvalue weighted by atomic mass is 16.5. The molecule has 7 heteroatoms. The molecule has 124 valence electrons. The van der Waals surface area contributed by atoms with E-state index in [9.17, 15) is 4.79 Å². The first-order valence-electron chi connectivity index (χ1n) is 8.02. The number of carbonyl (C=O) groups is 1. The first-order valence-corrected chi connectivity index (χ1v) is 8.02. The largest absolute Gasteiger partial charge is 0.466 e. The minimum Gasteiger partial charge on any atom is -0.466 e. The van der Waals surface area contributed by atoms with E-state index in [-0.39, 0.29) is 12.0 Å². The zero-order valence-electron chi connectivity index (χ0n) is 13.2. The van der Waals surface area contributed by atoms with Gasteiger partial charge in [-0.1, -0.05) is 6.42 Å². The van der Waals surface area contributed by atoms with Crippen LogP contribution in [-0.2, 0) is 16.1 Å². The van der Waals surface area contributed by atoms with Crippen LogP contribution in [0.15, 0.2) is 27.2 Å². The standard InChI is InChI=1S/C16H21N3O4/c1-2-21-15(20)10-12-6-3-4-8-19(12)11-14-17-18-16(23-14)13-7-5-9-22-13/h5,7,9,12H,2-4,6,8,10-11H2,1H3. The van der Waals surface area contributed by atoms with Crippen molar-refractivity contribution in [1.82, 2.24) is 15.1 Å². The Morgan fingerprint density at radius 1 is 1.43 bits per heavy atom. The van der Waals surface area contributed by atoms with Gasteiger partial charge < -0.3 is 13.6 Å². The van der Waals surface area contributed by atoms with Gasteiger partial charge >= 0.3 is 5.97 Å². The van der Waals surface area contributed by atoms with Crippen LogP contribution in [0.1, 0.15) is 38.5 Å². The molecule has 1 saturated heterocycles. The summed E-state index contributed by atoms with van der Waals surface area (Å²) in [4.78, 5) is 14.0. The van der Waals surface area contributed by atoms with Crippen molar-refractivity contribution < 1.29 is 18.4 Å². The van der Waals surface area contributed by atoms with E-state index in [1.54, 1.807) is 18.4 Å². The summed E-state index contributed by atoms with van der Waals surface area (Å²) in [6, 6.07) is 3.72. The smallest absolute Gasteiger partial charge is 0.307 e. The van der Waals surface area contributed by atoms with Crippen molar-refractivity contribution in [2.45, 2.75) is 45.2 Å². The van der Waals surface area contributed by atoms with Gasteiger partial charge in [0.25, 0.3) is 5.89 Å². The van der Waals surface area contributed by atoms with E-state index in [1.807, 2.05) is 6.92 Å². The van der Waals surface area contributed by atoms with Gasteiger partial charge in [0.1, 0.15) is 0 Å². The van der Waals surface area contributed by atoms with Gasteiger partial charge in [0.15, 0.2) is 5.76 Å². The molecule has 3 heterocycles. The Kier molecular flexibility index (Phi) is 5.07. The van der Waals surface area contributed by atoms with E-state index in [0.29, 0.717) is 37.1 Å². The average molecular weight is 319 g/mol. The number of esters is 1. The maximum atomic E-state index is 11.8. The van der Waals surface area contributed by atoms with Gasteiger partial charge in [-0.05, 0) is 38.4 Å². The number of hydrogen-bond donors (Lipinski definition) is 0. The highest BCUT2D eigenvalue weighted by molar-refractivity contribution is 5.70. The molecule has 23 heavy (non-hydrogen) atoms. The molecule has 1 unspecified atom stereocenters. The SMILES string of the molecule is CCOC(=O)CC1CCCCN1Cc1nnc(-c2ccco2)o1. The topological polar surface area (TPSA) is 81.6 Å². The molecule has 3 rings (SSSR count). The molecule has 1 atom stereocenters. The molecule has 2 aromatic heterocycles. The highest BCUT2D eigenvalue weighted by Crippen LogP contribution is 2.24. The van der Waals surface area contributed by atoms with Crippen LogP contribution in [0.3, 0.4) is 0 Å². The molecule has 7 nitrogen and oxygen atoms in total. The number of likely N-dealkylation sites (tertiary alicyclic amines) is 1. The van der Waals surface area contributed by atoms with Crippen LogP contribution in [-0.4, -0.2) is 40.3 Å². The van der Waals surface area contributed by atoms with Crippen molar-refractivity contribution in [1.29, 1.82) is 0 Å². The third-order valence-corrected chi connectivity index (χ3v) is 3.99. The molecular weight excluding hydrogens is 298 g/mol. The second kappa shape index (κ2) is 7.41. The van der Waals surface area contributed by atoms with Crippen molar-refractivity contribution in [3.8, 4) is 11.7 Å². The molecule has 1 aliphatic heterocycles. The Labute approximate surface area is 134 Å². The molecule has 0 N–H and O–H groups in total. The third kappa shape index (κ3) is 3.98. The second-order valence-corrected chi connectivity index (χ2v) is 5.61. The Hall–Kier alpha value is -2.15. The zero-order valence-corrected chi connectivity index (χ0v) is 13.2. The number of ether oxygens (including phenoxy) is 1.